The summed E-state index contributed by atoms with van der Waals surface area (Å²) in [6.45, 7) is 3.00. The van der Waals surface area contributed by atoms with Crippen molar-refractivity contribution >= 4 is 59.9 Å². The number of carbonyl (C=O) groups excluding carboxylic acids is 1. The number of fused-ring (bicyclic) bond motifs is 1. The van der Waals surface area contributed by atoms with Gasteiger partial charge in [-0.25, -0.2) is 18.1 Å². The Hall–Kier alpha value is -3.21. The molecule has 0 aliphatic carbocycles. The monoisotopic (exact) mass is 501 g/mol. The molecule has 0 aliphatic heterocycles. The highest BCUT2D eigenvalue weighted by molar-refractivity contribution is 7.90. The Morgan fingerprint density at radius 1 is 1.12 bits per heavy atom. The number of anilines is 1. The first kappa shape index (κ1) is 23.0. The van der Waals surface area contributed by atoms with E-state index < -0.39 is 15.9 Å². The highest BCUT2D eigenvalue weighted by atomic mass is 35.5. The van der Waals surface area contributed by atoms with Gasteiger partial charge in [0.2, 0.25) is 11.0 Å². The van der Waals surface area contributed by atoms with Gasteiger partial charge in [0.15, 0.2) is 0 Å². The van der Waals surface area contributed by atoms with Crippen LogP contribution in [0.3, 0.4) is 0 Å². The van der Waals surface area contributed by atoms with Crippen molar-refractivity contribution in [3.8, 4) is 11.3 Å². The van der Waals surface area contributed by atoms with E-state index in [4.69, 9.17) is 11.6 Å². The first-order chi connectivity index (χ1) is 15.7. The van der Waals surface area contributed by atoms with Gasteiger partial charge in [0.25, 0.3) is 10.0 Å². The van der Waals surface area contributed by atoms with Crippen molar-refractivity contribution in [3.05, 3.63) is 65.3 Å². The lowest BCUT2D eigenvalue weighted by atomic mass is 10.1. The number of nitrogens with one attached hydrogen (secondary N) is 2. The molecule has 11 heteroatoms. The summed E-state index contributed by atoms with van der Waals surface area (Å²) in [6.07, 6.45) is 0. The Morgan fingerprint density at radius 2 is 1.88 bits per heavy atom. The van der Waals surface area contributed by atoms with Crippen LogP contribution in [0.2, 0.25) is 5.02 Å². The van der Waals surface area contributed by atoms with Crippen molar-refractivity contribution in [2.45, 2.75) is 18.7 Å². The third-order valence-corrected chi connectivity index (χ3v) is 7.76. The summed E-state index contributed by atoms with van der Waals surface area (Å²) < 4.78 is 29.9. The molecule has 4 rings (SSSR count). The van der Waals surface area contributed by atoms with Gasteiger partial charge >= 0.3 is 0 Å². The molecule has 0 bridgehead atoms. The predicted octanol–water partition coefficient (Wildman–Crippen LogP) is 4.62. The lowest BCUT2D eigenvalue weighted by Crippen LogP contribution is -2.28. The summed E-state index contributed by atoms with van der Waals surface area (Å²) in [6, 6.07) is 16.3. The van der Waals surface area contributed by atoms with Crippen LogP contribution in [-0.2, 0) is 21.9 Å². The minimum atomic E-state index is -4.07. The summed E-state index contributed by atoms with van der Waals surface area (Å²) in [5, 5.41) is 5.18. The molecule has 0 atom stereocenters. The van der Waals surface area contributed by atoms with Crippen LogP contribution < -0.4 is 10.1 Å². The molecule has 2 aromatic carbocycles. The first-order valence-corrected chi connectivity index (χ1v) is 12.5. The molecule has 0 spiro atoms. The van der Waals surface area contributed by atoms with Crippen LogP contribution in [0.15, 0.2) is 64.6 Å². The van der Waals surface area contributed by atoms with Gasteiger partial charge in [0.1, 0.15) is 4.90 Å². The van der Waals surface area contributed by atoms with Crippen LogP contribution in [0.4, 0.5) is 5.13 Å². The number of nitrogens with zero attached hydrogens (tertiary/aromatic N) is 3. The molecule has 2 aromatic heterocycles. The Morgan fingerprint density at radius 3 is 2.61 bits per heavy atom. The van der Waals surface area contributed by atoms with Crippen molar-refractivity contribution in [1.29, 1.82) is 0 Å². The summed E-state index contributed by atoms with van der Waals surface area (Å²) in [5.41, 5.74) is 6.86. The van der Waals surface area contributed by atoms with Crippen molar-refractivity contribution in [1.82, 2.24) is 14.3 Å². The van der Waals surface area contributed by atoms with Gasteiger partial charge in [0, 0.05) is 19.7 Å². The number of rotatable bonds is 6. The summed E-state index contributed by atoms with van der Waals surface area (Å²) >= 11 is 7.62. The molecule has 0 unspecified atom stereocenters. The second-order valence-electron chi connectivity index (χ2n) is 7.27. The number of halogens is 1. The van der Waals surface area contributed by atoms with Crippen LogP contribution >= 0.6 is 22.9 Å². The molecule has 33 heavy (non-hydrogen) atoms. The molecule has 4 aromatic rings. The quantitative estimate of drug-likeness (QED) is 0.296. The minimum Gasteiger partial charge on any atom is -0.343 e. The minimum absolute atomic E-state index is 0.0275. The van der Waals surface area contributed by atoms with Crippen LogP contribution in [0.5, 0.6) is 0 Å². The highest BCUT2D eigenvalue weighted by Crippen LogP contribution is 2.30. The normalized spacial score (nSPS) is 12.2. The number of sulfonamides is 1. The van der Waals surface area contributed by atoms with Crippen LogP contribution in [0, 0.1) is 0 Å². The molecule has 0 aliphatic rings. The molecule has 170 valence electrons. The van der Waals surface area contributed by atoms with Gasteiger partial charge in [-0.3, -0.25) is 10.2 Å². The van der Waals surface area contributed by atoms with E-state index in [0.29, 0.717) is 10.7 Å². The summed E-state index contributed by atoms with van der Waals surface area (Å²) in [5.74, 6) is -0.690. The van der Waals surface area contributed by atoms with Crippen LogP contribution in [-0.4, -0.2) is 29.6 Å². The average molecular weight is 502 g/mol. The number of amides is 1. The number of hydrogen-bond acceptors (Lipinski definition) is 7. The zero-order chi connectivity index (χ0) is 23.8. The molecule has 0 saturated carbocycles. The van der Waals surface area contributed by atoms with Crippen LogP contribution in [0.1, 0.15) is 19.5 Å². The lowest BCUT2D eigenvalue weighted by Gasteiger charge is -2.11. The Balaban J connectivity index is 1.63. The maximum absolute atomic E-state index is 12.5. The number of benzene rings is 2. The van der Waals surface area contributed by atoms with E-state index in [1.165, 1.54) is 23.5 Å². The Bertz CT molecular complexity index is 1470. The summed E-state index contributed by atoms with van der Waals surface area (Å²) in [7, 11) is -2.21. The molecular formula is C22H20ClN5O3S2. The molecule has 0 fully saturated rings. The number of hydrazone groups is 1. The zero-order valence-electron chi connectivity index (χ0n) is 18.0. The van der Waals surface area contributed by atoms with Crippen molar-refractivity contribution in [3.63, 3.8) is 0 Å². The molecule has 2 heterocycles. The van der Waals surface area contributed by atoms with Gasteiger partial charge in [-0.15, -0.1) is 0 Å². The number of carbonyl (C=O) groups is 1. The van der Waals surface area contributed by atoms with E-state index in [1.807, 2.05) is 59.7 Å². The van der Waals surface area contributed by atoms with Gasteiger partial charge in [-0.1, -0.05) is 41.1 Å². The lowest BCUT2D eigenvalue weighted by molar-refractivity contribution is -0.117. The van der Waals surface area contributed by atoms with Crippen molar-refractivity contribution in [2.75, 3.05) is 5.43 Å². The SMILES string of the molecule is CC(=O)NS(=O)(=O)c1cc(-c2ccc(/C(C)=N/Nc3nc4ccccc4s3)n2C)ccc1Cl. The number of hydrogen-bond donors (Lipinski definition) is 2. The number of thiazole rings is 1. The summed E-state index contributed by atoms with van der Waals surface area (Å²) in [4.78, 5) is 15.6. The number of aromatic nitrogens is 2. The third-order valence-electron chi connectivity index (χ3n) is 4.90. The molecule has 8 nitrogen and oxygen atoms in total. The van der Waals surface area contributed by atoms with Crippen molar-refractivity contribution < 1.29 is 13.2 Å². The molecule has 0 radical (unpaired) electrons. The van der Waals surface area contributed by atoms with Gasteiger partial charge < -0.3 is 4.57 Å². The maximum Gasteiger partial charge on any atom is 0.265 e. The molecular weight excluding hydrogens is 482 g/mol. The fourth-order valence-corrected chi connectivity index (χ4v) is 5.71. The average Bonchev–Trinajstić information content (AvgIpc) is 3.34. The van der Waals surface area contributed by atoms with Crippen molar-refractivity contribution in [2.24, 2.45) is 12.1 Å². The van der Waals surface area contributed by atoms with E-state index >= 15 is 0 Å². The first-order valence-electron chi connectivity index (χ1n) is 9.81. The highest BCUT2D eigenvalue weighted by Gasteiger charge is 2.21. The van der Waals surface area contributed by atoms with E-state index in [2.05, 4.69) is 15.5 Å². The second kappa shape index (κ2) is 8.97. The fourth-order valence-electron chi connectivity index (χ4n) is 3.39. The smallest absolute Gasteiger partial charge is 0.265 e. The Kier molecular flexibility index (Phi) is 6.24. The van der Waals surface area contributed by atoms with E-state index in [-0.39, 0.29) is 9.92 Å². The number of para-hydroxylation sites is 1. The zero-order valence-corrected chi connectivity index (χ0v) is 20.3. The predicted molar refractivity (Wildman–Crippen MR) is 132 cm³/mol. The van der Waals surface area contributed by atoms with E-state index in [0.717, 1.165) is 34.2 Å². The van der Waals surface area contributed by atoms with Gasteiger partial charge in [-0.05, 0) is 48.9 Å². The largest absolute Gasteiger partial charge is 0.343 e. The molecule has 1 amide bonds. The third kappa shape index (κ3) is 4.77. The van der Waals surface area contributed by atoms with Crippen LogP contribution in [0.25, 0.3) is 21.5 Å². The molecule has 2 N–H and O–H groups in total. The fraction of sp³-hybridized carbons (Fsp3) is 0.136. The van der Waals surface area contributed by atoms with Gasteiger partial charge in [-0.2, -0.15) is 5.10 Å². The van der Waals surface area contributed by atoms with E-state index in [9.17, 15) is 13.2 Å². The standard InChI is InChI=1S/C22H20ClN5O3S2/c1-13(25-26-22-24-17-6-4-5-7-20(17)32-22)18-10-11-19(28(18)3)15-8-9-16(23)21(12-15)33(30,31)27-14(2)29/h4-12H,1-3H3,(H,24,26)(H,27,29)/b25-13+. The maximum atomic E-state index is 12.5. The second-order valence-corrected chi connectivity index (χ2v) is 10.4. The molecule has 0 saturated heterocycles. The topological polar surface area (TPSA) is 105 Å². The van der Waals surface area contributed by atoms with Gasteiger partial charge in [0.05, 0.1) is 26.6 Å². The Labute approximate surface area is 200 Å². The van der Waals surface area contributed by atoms with E-state index in [1.54, 1.807) is 6.07 Å².